The summed E-state index contributed by atoms with van der Waals surface area (Å²) in [5.74, 6) is 1.47. The van der Waals surface area contributed by atoms with Crippen LogP contribution in [0.3, 0.4) is 0 Å². The van der Waals surface area contributed by atoms with Crippen LogP contribution in [0.1, 0.15) is 38.3 Å². The van der Waals surface area contributed by atoms with Gasteiger partial charge in [-0.2, -0.15) is 0 Å². The van der Waals surface area contributed by atoms with Gasteiger partial charge in [-0.15, -0.1) is 0 Å². The van der Waals surface area contributed by atoms with Crippen LogP contribution in [0.5, 0.6) is 11.5 Å². The van der Waals surface area contributed by atoms with Crippen molar-refractivity contribution in [1.29, 1.82) is 0 Å². The minimum absolute atomic E-state index is 0.186. The lowest BCUT2D eigenvalue weighted by Gasteiger charge is -2.42. The largest absolute Gasteiger partial charge is 0.504 e. The van der Waals surface area contributed by atoms with Crippen molar-refractivity contribution in [3.8, 4) is 11.5 Å². The van der Waals surface area contributed by atoms with E-state index in [-0.39, 0.29) is 11.8 Å². The summed E-state index contributed by atoms with van der Waals surface area (Å²) < 4.78 is 5.20. The minimum atomic E-state index is 0.186. The van der Waals surface area contributed by atoms with Gasteiger partial charge in [-0.25, -0.2) is 0 Å². The number of nitrogens with zero attached hydrogens (tertiary/aromatic N) is 1. The van der Waals surface area contributed by atoms with Gasteiger partial charge >= 0.3 is 0 Å². The maximum Gasteiger partial charge on any atom is 0.160 e. The van der Waals surface area contributed by atoms with E-state index in [4.69, 9.17) is 10.5 Å². The molecule has 20 heavy (non-hydrogen) atoms. The van der Waals surface area contributed by atoms with E-state index in [9.17, 15) is 5.11 Å². The monoisotopic (exact) mass is 278 g/mol. The van der Waals surface area contributed by atoms with Gasteiger partial charge in [0.25, 0.3) is 0 Å². The summed E-state index contributed by atoms with van der Waals surface area (Å²) in [6.07, 6.45) is 2.38. The number of methoxy groups -OCH3 is 1. The third-order valence-electron chi connectivity index (χ3n) is 4.48. The Labute approximate surface area is 121 Å². The van der Waals surface area contributed by atoms with Crippen LogP contribution in [0.25, 0.3) is 0 Å². The van der Waals surface area contributed by atoms with E-state index in [1.54, 1.807) is 13.2 Å². The summed E-state index contributed by atoms with van der Waals surface area (Å²) in [6.45, 7) is 6.27. The predicted molar refractivity (Wildman–Crippen MR) is 81.0 cm³/mol. The lowest BCUT2D eigenvalue weighted by Crippen LogP contribution is -2.47. The Balaban J connectivity index is 2.19. The molecule has 112 valence electrons. The Morgan fingerprint density at radius 2 is 2.25 bits per heavy atom. The molecule has 0 radical (unpaired) electrons. The van der Waals surface area contributed by atoms with Crippen LogP contribution in [0.4, 0.5) is 0 Å². The first kappa shape index (κ1) is 15.1. The van der Waals surface area contributed by atoms with Crippen LogP contribution in [-0.2, 0) is 0 Å². The molecule has 3 N–H and O–H groups in total. The second kappa shape index (κ2) is 6.46. The highest BCUT2D eigenvalue weighted by atomic mass is 16.5. The third kappa shape index (κ3) is 3.07. The van der Waals surface area contributed by atoms with Gasteiger partial charge in [-0.3, -0.25) is 4.90 Å². The number of phenolic OH excluding ortho intramolecular Hbond substituents is 1. The molecule has 3 atom stereocenters. The number of piperidine rings is 1. The maximum atomic E-state index is 9.70. The van der Waals surface area contributed by atoms with Crippen molar-refractivity contribution < 1.29 is 9.84 Å². The molecule has 0 saturated carbocycles. The van der Waals surface area contributed by atoms with Crippen LogP contribution in [0, 0.1) is 5.92 Å². The van der Waals surface area contributed by atoms with E-state index in [2.05, 4.69) is 18.7 Å². The topological polar surface area (TPSA) is 58.7 Å². The van der Waals surface area contributed by atoms with Crippen molar-refractivity contribution in [1.82, 2.24) is 4.90 Å². The van der Waals surface area contributed by atoms with E-state index < -0.39 is 0 Å². The summed E-state index contributed by atoms with van der Waals surface area (Å²) >= 11 is 0. The van der Waals surface area contributed by atoms with Gasteiger partial charge in [0.2, 0.25) is 0 Å². The second-order valence-corrected chi connectivity index (χ2v) is 5.86. The standard InChI is InChI=1S/C16H26N2O2/c1-11-6-7-18(14(8-11)10-17)12(2)13-4-5-15(19)16(9-13)20-3/h4-5,9,11-12,14,19H,6-8,10,17H2,1-3H3. The van der Waals surface area contributed by atoms with Crippen molar-refractivity contribution in [3.63, 3.8) is 0 Å². The Morgan fingerprint density at radius 3 is 2.90 bits per heavy atom. The number of hydrogen-bond acceptors (Lipinski definition) is 4. The molecule has 1 heterocycles. The molecular weight excluding hydrogens is 252 g/mol. The summed E-state index contributed by atoms with van der Waals surface area (Å²) in [5.41, 5.74) is 7.11. The molecule has 0 bridgehead atoms. The van der Waals surface area contributed by atoms with E-state index in [1.807, 2.05) is 12.1 Å². The number of nitrogens with two attached hydrogens (primary N) is 1. The Hall–Kier alpha value is -1.26. The number of likely N-dealkylation sites (tertiary alicyclic amines) is 1. The second-order valence-electron chi connectivity index (χ2n) is 5.86. The highest BCUT2D eigenvalue weighted by molar-refractivity contribution is 5.42. The van der Waals surface area contributed by atoms with Crippen LogP contribution < -0.4 is 10.5 Å². The average molecular weight is 278 g/mol. The highest BCUT2D eigenvalue weighted by Crippen LogP contribution is 2.34. The Morgan fingerprint density at radius 1 is 1.50 bits per heavy atom. The van der Waals surface area contributed by atoms with Crippen molar-refractivity contribution >= 4 is 0 Å². The van der Waals surface area contributed by atoms with Gasteiger partial charge in [0.15, 0.2) is 11.5 Å². The summed E-state index contributed by atoms with van der Waals surface area (Å²) in [7, 11) is 1.58. The number of rotatable bonds is 4. The summed E-state index contributed by atoms with van der Waals surface area (Å²) in [5, 5.41) is 9.70. The molecule has 1 aliphatic rings. The average Bonchev–Trinajstić information content (AvgIpc) is 2.46. The normalized spacial score (nSPS) is 25.4. The Kier molecular flexibility index (Phi) is 4.89. The van der Waals surface area contributed by atoms with Crippen LogP contribution in [0.2, 0.25) is 0 Å². The molecule has 0 aliphatic carbocycles. The molecule has 1 aromatic carbocycles. The van der Waals surface area contributed by atoms with Crippen LogP contribution in [0.15, 0.2) is 18.2 Å². The molecule has 1 saturated heterocycles. The molecular formula is C16H26N2O2. The highest BCUT2D eigenvalue weighted by Gasteiger charge is 2.29. The van der Waals surface area contributed by atoms with E-state index in [1.165, 1.54) is 6.42 Å². The predicted octanol–water partition coefficient (Wildman–Crippen LogP) is 2.52. The van der Waals surface area contributed by atoms with Gasteiger partial charge in [-0.1, -0.05) is 13.0 Å². The number of hydrogen-bond donors (Lipinski definition) is 2. The first-order valence-electron chi connectivity index (χ1n) is 7.39. The quantitative estimate of drug-likeness (QED) is 0.888. The van der Waals surface area contributed by atoms with Crippen LogP contribution in [-0.4, -0.2) is 36.2 Å². The van der Waals surface area contributed by atoms with Gasteiger partial charge in [0.05, 0.1) is 7.11 Å². The minimum Gasteiger partial charge on any atom is -0.504 e. The smallest absolute Gasteiger partial charge is 0.160 e. The molecule has 3 unspecified atom stereocenters. The number of phenols is 1. The first-order valence-corrected chi connectivity index (χ1v) is 7.39. The SMILES string of the molecule is COc1cc(C(C)N2CCC(C)CC2CN)ccc1O. The van der Waals surface area contributed by atoms with E-state index >= 15 is 0 Å². The van der Waals surface area contributed by atoms with Gasteiger partial charge in [0.1, 0.15) is 0 Å². The van der Waals surface area contributed by atoms with E-state index in [0.29, 0.717) is 18.3 Å². The number of aromatic hydroxyl groups is 1. The molecule has 0 amide bonds. The molecule has 1 aromatic rings. The molecule has 4 heteroatoms. The van der Waals surface area contributed by atoms with Crippen LogP contribution >= 0.6 is 0 Å². The maximum absolute atomic E-state index is 9.70. The third-order valence-corrected chi connectivity index (χ3v) is 4.48. The zero-order valence-electron chi connectivity index (χ0n) is 12.7. The van der Waals surface area contributed by atoms with Crippen molar-refractivity contribution in [2.45, 2.75) is 38.8 Å². The summed E-state index contributed by atoms with van der Waals surface area (Å²) in [4.78, 5) is 2.48. The molecule has 1 fully saturated rings. The first-order chi connectivity index (χ1) is 9.56. The Bertz CT molecular complexity index is 450. The fraction of sp³-hybridized carbons (Fsp3) is 0.625. The molecule has 2 rings (SSSR count). The zero-order chi connectivity index (χ0) is 14.7. The number of benzene rings is 1. The molecule has 4 nitrogen and oxygen atoms in total. The molecule has 0 spiro atoms. The number of ether oxygens (including phenoxy) is 1. The van der Waals surface area contributed by atoms with Crippen molar-refractivity contribution in [2.75, 3.05) is 20.2 Å². The van der Waals surface area contributed by atoms with Crippen molar-refractivity contribution in [2.24, 2.45) is 11.7 Å². The van der Waals surface area contributed by atoms with Gasteiger partial charge < -0.3 is 15.6 Å². The lowest BCUT2D eigenvalue weighted by atomic mass is 9.90. The van der Waals surface area contributed by atoms with E-state index in [0.717, 1.165) is 24.4 Å². The fourth-order valence-corrected chi connectivity index (χ4v) is 3.16. The molecule has 0 aromatic heterocycles. The fourth-order valence-electron chi connectivity index (χ4n) is 3.16. The van der Waals surface area contributed by atoms with Crippen molar-refractivity contribution in [3.05, 3.63) is 23.8 Å². The van der Waals surface area contributed by atoms with Gasteiger partial charge in [0, 0.05) is 18.6 Å². The molecule has 1 aliphatic heterocycles. The summed E-state index contributed by atoms with van der Waals surface area (Å²) in [6, 6.07) is 6.31. The lowest BCUT2D eigenvalue weighted by molar-refractivity contribution is 0.0833. The van der Waals surface area contributed by atoms with Gasteiger partial charge in [-0.05, 0) is 49.9 Å². The zero-order valence-corrected chi connectivity index (χ0v) is 12.7.